The van der Waals surface area contributed by atoms with Gasteiger partial charge in [-0.3, -0.25) is 0 Å². The van der Waals surface area contributed by atoms with Gasteiger partial charge in [-0.2, -0.15) is 5.26 Å². The number of nitrogens with zero attached hydrogens (tertiary/aromatic N) is 3. The maximum atomic E-state index is 8.45. The van der Waals surface area contributed by atoms with E-state index in [1.54, 1.807) is 18.5 Å². The molecule has 4 nitrogen and oxygen atoms in total. The number of H-pyrrole nitrogens is 1. The minimum absolute atomic E-state index is 0.206. The highest BCUT2D eigenvalue weighted by Gasteiger charge is 1.97. The Balaban J connectivity index is 2.79. The van der Waals surface area contributed by atoms with Crippen molar-refractivity contribution in [1.29, 1.82) is 5.26 Å². The topological polar surface area (TPSA) is 65.4 Å². The largest absolute Gasteiger partial charge is 0.359 e. The highest BCUT2D eigenvalue weighted by molar-refractivity contribution is 5.73. The molecule has 0 aliphatic rings. The maximum Gasteiger partial charge on any atom is 0.232 e. The lowest BCUT2D eigenvalue weighted by Gasteiger charge is -1.86. The van der Waals surface area contributed by atoms with E-state index in [2.05, 4.69) is 15.0 Å². The van der Waals surface area contributed by atoms with Gasteiger partial charge in [0.05, 0.1) is 17.2 Å². The normalized spacial score (nSPS) is 9.73. The van der Waals surface area contributed by atoms with Crippen molar-refractivity contribution < 1.29 is 0 Å². The van der Waals surface area contributed by atoms with Crippen molar-refractivity contribution in [3.8, 4) is 6.07 Å². The zero-order valence-electron chi connectivity index (χ0n) is 5.57. The van der Waals surface area contributed by atoms with Crippen molar-refractivity contribution >= 4 is 11.0 Å². The van der Waals surface area contributed by atoms with Crippen LogP contribution in [0.15, 0.2) is 18.5 Å². The van der Waals surface area contributed by atoms with E-state index in [1.807, 2.05) is 6.07 Å². The molecule has 0 spiro atoms. The third kappa shape index (κ3) is 0.829. The van der Waals surface area contributed by atoms with Crippen LogP contribution in [0.2, 0.25) is 0 Å². The summed E-state index contributed by atoms with van der Waals surface area (Å²) in [5.74, 6) is 0.206. The first-order valence-corrected chi connectivity index (χ1v) is 3.10. The predicted octanol–water partition coefficient (Wildman–Crippen LogP) is 0.830. The Hall–Kier alpha value is -1.89. The second-order valence-electron chi connectivity index (χ2n) is 2.08. The summed E-state index contributed by atoms with van der Waals surface area (Å²) in [4.78, 5) is 10.7. The first kappa shape index (κ1) is 5.86. The molecule has 0 fully saturated rings. The number of hydrogen-bond acceptors (Lipinski definition) is 3. The van der Waals surface area contributed by atoms with Gasteiger partial charge < -0.3 is 4.98 Å². The number of aromatic amines is 1. The highest BCUT2D eigenvalue weighted by Crippen LogP contribution is 2.06. The van der Waals surface area contributed by atoms with Crippen LogP contribution in [0.4, 0.5) is 0 Å². The van der Waals surface area contributed by atoms with Crippen molar-refractivity contribution in [1.82, 2.24) is 15.0 Å². The van der Waals surface area contributed by atoms with Crippen LogP contribution in [0.25, 0.3) is 11.0 Å². The third-order valence-electron chi connectivity index (χ3n) is 1.40. The molecule has 11 heavy (non-hydrogen) atoms. The van der Waals surface area contributed by atoms with Gasteiger partial charge >= 0.3 is 0 Å². The lowest BCUT2D eigenvalue weighted by Crippen LogP contribution is -1.86. The summed E-state index contributed by atoms with van der Waals surface area (Å²) in [5.41, 5.74) is 1.63. The molecule has 52 valence electrons. The Morgan fingerprint density at radius 1 is 1.55 bits per heavy atom. The molecule has 2 aromatic heterocycles. The van der Waals surface area contributed by atoms with Gasteiger partial charge in [0.15, 0.2) is 0 Å². The Labute approximate surface area is 62.5 Å². The number of fused-ring (bicyclic) bond motifs is 1. The molecule has 1 N–H and O–H groups in total. The van der Waals surface area contributed by atoms with Crippen LogP contribution in [0.3, 0.4) is 0 Å². The molecular weight excluding hydrogens is 140 g/mol. The second-order valence-corrected chi connectivity index (χ2v) is 2.08. The molecule has 0 saturated carbocycles. The summed E-state index contributed by atoms with van der Waals surface area (Å²) in [7, 11) is 0. The minimum Gasteiger partial charge on any atom is -0.359 e. The van der Waals surface area contributed by atoms with E-state index in [0.29, 0.717) is 0 Å². The van der Waals surface area contributed by atoms with Gasteiger partial charge in [-0.15, -0.1) is 0 Å². The molecule has 0 amide bonds. The number of rotatable bonds is 0. The van der Waals surface area contributed by atoms with E-state index in [0.717, 1.165) is 11.0 Å². The average Bonchev–Trinajstić information content (AvgIpc) is 2.50. The summed E-state index contributed by atoms with van der Waals surface area (Å²) in [6.45, 7) is 0. The van der Waals surface area contributed by atoms with E-state index in [-0.39, 0.29) is 5.82 Å². The van der Waals surface area contributed by atoms with Crippen LogP contribution in [0, 0.1) is 11.3 Å². The van der Waals surface area contributed by atoms with Gasteiger partial charge in [0.1, 0.15) is 6.07 Å². The van der Waals surface area contributed by atoms with Crippen molar-refractivity contribution in [3.63, 3.8) is 0 Å². The Morgan fingerprint density at radius 2 is 2.45 bits per heavy atom. The molecule has 0 atom stereocenters. The van der Waals surface area contributed by atoms with Gasteiger partial charge in [-0.25, -0.2) is 9.97 Å². The lowest BCUT2D eigenvalue weighted by atomic mass is 10.4. The quantitative estimate of drug-likeness (QED) is 0.595. The molecule has 0 aliphatic heterocycles. The van der Waals surface area contributed by atoms with Crippen molar-refractivity contribution in [2.24, 2.45) is 0 Å². The Bertz CT molecular complexity index is 423. The first-order valence-electron chi connectivity index (χ1n) is 3.10. The molecule has 0 aliphatic carbocycles. The molecule has 2 rings (SSSR count). The van der Waals surface area contributed by atoms with Crippen LogP contribution < -0.4 is 0 Å². The summed E-state index contributed by atoms with van der Waals surface area (Å²) >= 11 is 0. The molecule has 0 aromatic carbocycles. The van der Waals surface area contributed by atoms with Crippen LogP contribution >= 0.6 is 0 Å². The molecule has 0 radical (unpaired) electrons. The summed E-state index contributed by atoms with van der Waals surface area (Å²) in [6, 6.07) is 3.68. The van der Waals surface area contributed by atoms with E-state index in [1.165, 1.54) is 0 Å². The standard InChI is InChI=1S/C7H4N4/c8-3-7-10-4-6-5(11-7)1-2-9-6/h1-2,4,9H. The van der Waals surface area contributed by atoms with E-state index < -0.39 is 0 Å². The van der Waals surface area contributed by atoms with Crippen LogP contribution in [-0.2, 0) is 0 Å². The number of hydrogen-bond donors (Lipinski definition) is 1. The van der Waals surface area contributed by atoms with Crippen LogP contribution in [0.1, 0.15) is 5.82 Å². The van der Waals surface area contributed by atoms with Crippen molar-refractivity contribution in [3.05, 3.63) is 24.3 Å². The molecule has 0 unspecified atom stereocenters. The third-order valence-corrected chi connectivity index (χ3v) is 1.40. The number of aromatic nitrogens is 3. The fourth-order valence-corrected chi connectivity index (χ4v) is 0.898. The monoisotopic (exact) mass is 144 g/mol. The summed E-state index contributed by atoms with van der Waals surface area (Å²) < 4.78 is 0. The molecule has 0 saturated heterocycles. The van der Waals surface area contributed by atoms with Crippen LogP contribution in [0.5, 0.6) is 0 Å². The van der Waals surface area contributed by atoms with E-state index in [4.69, 9.17) is 5.26 Å². The second kappa shape index (κ2) is 2.06. The summed E-state index contributed by atoms with van der Waals surface area (Å²) in [5, 5.41) is 8.45. The predicted molar refractivity (Wildman–Crippen MR) is 38.6 cm³/mol. The lowest BCUT2D eigenvalue weighted by molar-refractivity contribution is 1.15. The molecule has 4 heteroatoms. The van der Waals surface area contributed by atoms with Gasteiger partial charge in [0.2, 0.25) is 5.82 Å². The first-order chi connectivity index (χ1) is 5.40. The zero-order chi connectivity index (χ0) is 7.68. The van der Waals surface area contributed by atoms with Crippen LogP contribution in [-0.4, -0.2) is 15.0 Å². The smallest absolute Gasteiger partial charge is 0.232 e. The van der Waals surface area contributed by atoms with Gasteiger partial charge in [0.25, 0.3) is 0 Å². The SMILES string of the molecule is N#Cc1ncc2[nH]ccc2n1. The van der Waals surface area contributed by atoms with Gasteiger partial charge in [-0.05, 0) is 6.07 Å². The number of nitriles is 1. The number of nitrogens with one attached hydrogen (secondary N) is 1. The van der Waals surface area contributed by atoms with Crippen molar-refractivity contribution in [2.45, 2.75) is 0 Å². The zero-order valence-corrected chi connectivity index (χ0v) is 5.57. The highest BCUT2D eigenvalue weighted by atomic mass is 14.9. The van der Waals surface area contributed by atoms with Gasteiger partial charge in [0, 0.05) is 6.20 Å². The summed E-state index contributed by atoms with van der Waals surface area (Å²) in [6.07, 6.45) is 3.36. The minimum atomic E-state index is 0.206. The molecular formula is C7H4N4. The fraction of sp³-hybridized carbons (Fsp3) is 0. The van der Waals surface area contributed by atoms with E-state index >= 15 is 0 Å². The van der Waals surface area contributed by atoms with Crippen molar-refractivity contribution in [2.75, 3.05) is 0 Å². The Kier molecular flexibility index (Phi) is 1.10. The molecule has 0 bridgehead atoms. The van der Waals surface area contributed by atoms with E-state index in [9.17, 15) is 0 Å². The van der Waals surface area contributed by atoms with Gasteiger partial charge in [-0.1, -0.05) is 0 Å². The fourth-order valence-electron chi connectivity index (χ4n) is 0.898. The average molecular weight is 144 g/mol. The maximum absolute atomic E-state index is 8.45. The Morgan fingerprint density at radius 3 is 3.27 bits per heavy atom. The molecule has 2 aromatic rings. The molecule has 2 heterocycles.